The van der Waals surface area contributed by atoms with Gasteiger partial charge in [0.2, 0.25) is 0 Å². The monoisotopic (exact) mass is 326 g/mol. The first-order chi connectivity index (χ1) is 8.49. The first kappa shape index (κ1) is 18.1. The van der Waals surface area contributed by atoms with E-state index in [2.05, 4.69) is 23.9 Å². The maximum Gasteiger partial charge on any atom is 0.470 e. The first-order valence-corrected chi connectivity index (χ1v) is 7.03. The molecule has 0 saturated heterocycles. The molecule has 0 saturated carbocycles. The van der Waals surface area contributed by atoms with E-state index >= 15 is 0 Å². The molecule has 13 nitrogen and oxygen atoms in total. The molecule has 0 fully saturated rings. The van der Waals surface area contributed by atoms with Crippen LogP contribution in [0.3, 0.4) is 0 Å². The van der Waals surface area contributed by atoms with Crippen LogP contribution in [-0.2, 0) is 42.6 Å². The second-order valence-corrected chi connectivity index (χ2v) is 4.99. The Morgan fingerprint density at radius 3 is 1.37 bits per heavy atom. The predicted molar refractivity (Wildman–Crippen MR) is 49.3 cm³/mol. The topological polar surface area (TPSA) is 195 Å². The van der Waals surface area contributed by atoms with Crippen molar-refractivity contribution in [1.29, 1.82) is 0 Å². The molecule has 0 amide bonds. The van der Waals surface area contributed by atoms with Gasteiger partial charge in [-0.25, -0.2) is 18.7 Å². The number of hydrogen-bond acceptors (Lipinski definition) is 9. The Balaban J connectivity index is 3.73. The molecule has 0 radical (unpaired) electrons. The van der Waals surface area contributed by atoms with Gasteiger partial charge >= 0.3 is 27.6 Å². The van der Waals surface area contributed by atoms with Gasteiger partial charge in [-0.15, -0.1) is 0 Å². The highest BCUT2D eigenvalue weighted by Gasteiger charge is 2.20. The van der Waals surface area contributed by atoms with Gasteiger partial charge in [0.25, 0.3) is 0 Å². The van der Waals surface area contributed by atoms with E-state index in [1.165, 1.54) is 0 Å². The highest BCUT2D eigenvalue weighted by Crippen LogP contribution is 2.35. The van der Waals surface area contributed by atoms with Gasteiger partial charge in [-0.2, -0.15) is 0 Å². The summed E-state index contributed by atoms with van der Waals surface area (Å²) in [5, 5.41) is 3.52. The second kappa shape index (κ2) is 7.65. The Labute approximate surface area is 104 Å². The lowest BCUT2D eigenvalue weighted by Gasteiger charge is -2.05. The molecule has 19 heavy (non-hydrogen) atoms. The van der Waals surface area contributed by atoms with Crippen LogP contribution in [0.2, 0.25) is 0 Å². The van der Waals surface area contributed by atoms with Gasteiger partial charge in [-0.05, 0) is 0 Å². The van der Waals surface area contributed by atoms with E-state index in [0.717, 1.165) is 0 Å². The van der Waals surface area contributed by atoms with Gasteiger partial charge in [0.15, 0.2) is 13.2 Å². The minimum atomic E-state index is -4.87. The van der Waals surface area contributed by atoms with Gasteiger partial charge < -0.3 is 19.6 Å². The summed E-state index contributed by atoms with van der Waals surface area (Å²) >= 11 is 0. The van der Waals surface area contributed by atoms with Crippen LogP contribution < -0.4 is 0 Å². The highest BCUT2D eigenvalue weighted by atomic mass is 31.2. The molecule has 0 aromatic rings. The van der Waals surface area contributed by atoms with Crippen LogP contribution in [-0.4, -0.2) is 44.7 Å². The molecule has 15 heteroatoms. The zero-order valence-corrected chi connectivity index (χ0v) is 10.6. The van der Waals surface area contributed by atoms with Crippen LogP contribution in [0, 0.1) is 0 Å². The third kappa shape index (κ3) is 13.4. The first-order valence-electron chi connectivity index (χ1n) is 3.96. The van der Waals surface area contributed by atoms with E-state index in [0.29, 0.717) is 0 Å². The molecular formula is C4H8O13P2. The van der Waals surface area contributed by atoms with Crippen molar-refractivity contribution < 1.29 is 62.2 Å². The minimum Gasteiger partial charge on any atom is -0.303 e. The van der Waals surface area contributed by atoms with Crippen molar-refractivity contribution in [2.45, 2.75) is 0 Å². The maximum atomic E-state index is 10.6. The van der Waals surface area contributed by atoms with Gasteiger partial charge in [-0.1, -0.05) is 0 Å². The molecule has 112 valence electrons. The van der Waals surface area contributed by atoms with Crippen molar-refractivity contribution >= 4 is 27.6 Å². The number of carbonyl (C=O) groups is 2. The molecule has 0 atom stereocenters. The van der Waals surface area contributed by atoms with Gasteiger partial charge in [0, 0.05) is 5.04 Å². The lowest BCUT2D eigenvalue weighted by molar-refractivity contribution is -0.460. The van der Waals surface area contributed by atoms with Crippen molar-refractivity contribution in [2.75, 3.05) is 13.2 Å². The molecule has 0 aliphatic heterocycles. The van der Waals surface area contributed by atoms with E-state index in [9.17, 15) is 18.7 Å². The third-order valence-electron chi connectivity index (χ3n) is 0.955. The number of phosphoric ester groups is 2. The fraction of sp³-hybridized carbons (Fsp3) is 0.500. The van der Waals surface area contributed by atoms with E-state index in [1.54, 1.807) is 0 Å². The number of hydrogen-bond donors (Lipinski definition) is 4. The van der Waals surface area contributed by atoms with E-state index in [-0.39, 0.29) is 0 Å². The summed E-state index contributed by atoms with van der Waals surface area (Å²) in [5.41, 5.74) is 0. The Bertz CT molecular complexity index is 365. The number of phosphoric acid groups is 2. The van der Waals surface area contributed by atoms with Gasteiger partial charge in [0.05, 0.1) is 0 Å². The van der Waals surface area contributed by atoms with Crippen molar-refractivity contribution in [3.8, 4) is 0 Å². The van der Waals surface area contributed by atoms with Crippen molar-refractivity contribution in [1.82, 2.24) is 0 Å². The van der Waals surface area contributed by atoms with Crippen molar-refractivity contribution in [3.05, 3.63) is 0 Å². The summed E-state index contributed by atoms with van der Waals surface area (Å²) in [6.45, 7) is -2.39. The summed E-state index contributed by atoms with van der Waals surface area (Å²) in [6, 6.07) is 0. The summed E-state index contributed by atoms with van der Waals surface area (Å²) < 4.78 is 27.7. The Kier molecular flexibility index (Phi) is 7.29. The Hall–Kier alpha value is -0.880. The molecule has 0 aromatic carbocycles. The van der Waals surface area contributed by atoms with E-state index in [4.69, 9.17) is 19.6 Å². The maximum absolute atomic E-state index is 10.6. The number of carbonyl (C=O) groups excluding carboxylic acids is 2. The van der Waals surface area contributed by atoms with E-state index in [1.807, 2.05) is 0 Å². The van der Waals surface area contributed by atoms with Crippen LogP contribution in [0.4, 0.5) is 0 Å². The van der Waals surface area contributed by atoms with Gasteiger partial charge in [-0.3, -0.25) is 18.8 Å². The number of rotatable bonds is 8. The fourth-order valence-corrected chi connectivity index (χ4v) is 0.962. The molecular weight excluding hydrogens is 318 g/mol. The van der Waals surface area contributed by atoms with Crippen molar-refractivity contribution in [3.63, 3.8) is 0 Å². The molecule has 0 aromatic heterocycles. The molecule has 0 spiro atoms. The fourth-order valence-electron chi connectivity index (χ4n) is 0.415. The standard InChI is InChI=1S/C4H8O13P2/c5-3(1-13-18(7,8)9)15-17-16-4(6)2-14-19(10,11)12/h1-2H2,(H2,7,8,9)(H2,10,11,12). The zero-order chi connectivity index (χ0) is 15.1. The second-order valence-electron chi connectivity index (χ2n) is 2.51. The summed E-state index contributed by atoms with van der Waals surface area (Å²) in [4.78, 5) is 61.3. The normalized spacial score (nSPS) is 12.0. The smallest absolute Gasteiger partial charge is 0.303 e. The summed E-state index contributed by atoms with van der Waals surface area (Å²) in [5.74, 6) is -2.90. The summed E-state index contributed by atoms with van der Waals surface area (Å²) in [7, 11) is -9.74. The Morgan fingerprint density at radius 1 is 0.789 bits per heavy atom. The highest BCUT2D eigenvalue weighted by molar-refractivity contribution is 7.46. The van der Waals surface area contributed by atoms with Crippen molar-refractivity contribution in [2.24, 2.45) is 0 Å². The lowest BCUT2D eigenvalue weighted by atomic mass is 10.8. The molecule has 0 bridgehead atoms. The lowest BCUT2D eigenvalue weighted by Crippen LogP contribution is -2.17. The quantitative estimate of drug-likeness (QED) is 0.220. The third-order valence-corrected chi connectivity index (χ3v) is 1.89. The molecule has 0 heterocycles. The van der Waals surface area contributed by atoms with Crippen LogP contribution in [0.15, 0.2) is 0 Å². The molecule has 0 rings (SSSR count). The van der Waals surface area contributed by atoms with E-state index < -0.39 is 40.8 Å². The molecule has 4 N–H and O–H groups in total. The zero-order valence-electron chi connectivity index (χ0n) is 8.77. The molecule has 0 unspecified atom stereocenters. The molecule has 0 aliphatic carbocycles. The van der Waals surface area contributed by atoms with Crippen LogP contribution in [0.1, 0.15) is 0 Å². The predicted octanol–water partition coefficient (Wildman–Crippen LogP) is -1.86. The Morgan fingerprint density at radius 2 is 1.11 bits per heavy atom. The molecule has 0 aliphatic rings. The van der Waals surface area contributed by atoms with Crippen LogP contribution >= 0.6 is 15.6 Å². The SMILES string of the molecule is O=C(COP(=O)(O)O)OOOC(=O)COP(=O)(O)O. The minimum absolute atomic E-state index is 1.19. The average Bonchev–Trinajstić information content (AvgIpc) is 2.22. The summed E-state index contributed by atoms with van der Waals surface area (Å²) in [6.07, 6.45) is 0. The van der Waals surface area contributed by atoms with Gasteiger partial charge in [0.1, 0.15) is 0 Å². The van der Waals surface area contributed by atoms with Crippen LogP contribution in [0.5, 0.6) is 0 Å². The largest absolute Gasteiger partial charge is 0.470 e. The average molecular weight is 326 g/mol. The van der Waals surface area contributed by atoms with Crippen LogP contribution in [0.25, 0.3) is 0 Å².